The molecule has 1 aromatic carbocycles. The summed E-state index contributed by atoms with van der Waals surface area (Å²) in [5.41, 5.74) is 1.25. The lowest BCUT2D eigenvalue weighted by Crippen LogP contribution is -2.49. The Labute approximate surface area is 114 Å². The first kappa shape index (κ1) is 12.8. The van der Waals surface area contributed by atoms with E-state index < -0.39 is 0 Å². The van der Waals surface area contributed by atoms with Crippen LogP contribution < -0.4 is 14.8 Å². The van der Waals surface area contributed by atoms with E-state index in [1.165, 1.54) is 24.9 Å². The summed E-state index contributed by atoms with van der Waals surface area (Å²) >= 11 is 0. The first-order chi connectivity index (χ1) is 9.30. The number of ether oxygens (including phenoxy) is 2. The Morgan fingerprint density at radius 1 is 1.16 bits per heavy atom. The molecule has 2 unspecified atom stereocenters. The van der Waals surface area contributed by atoms with Crippen molar-refractivity contribution in [1.82, 2.24) is 10.2 Å². The van der Waals surface area contributed by atoms with Crippen LogP contribution in [-0.2, 0) is 0 Å². The van der Waals surface area contributed by atoms with Gasteiger partial charge in [0.05, 0.1) is 14.2 Å². The van der Waals surface area contributed by atoms with E-state index >= 15 is 0 Å². The van der Waals surface area contributed by atoms with Crippen molar-refractivity contribution < 1.29 is 9.47 Å². The van der Waals surface area contributed by atoms with Crippen molar-refractivity contribution >= 4 is 0 Å². The van der Waals surface area contributed by atoms with Gasteiger partial charge >= 0.3 is 0 Å². The van der Waals surface area contributed by atoms with E-state index in [-0.39, 0.29) is 0 Å². The number of fused-ring (bicyclic) bond motifs is 1. The third kappa shape index (κ3) is 2.55. The lowest BCUT2D eigenvalue weighted by atomic mass is 10.0. The molecule has 3 rings (SSSR count). The van der Waals surface area contributed by atoms with Crippen molar-refractivity contribution in [2.45, 2.75) is 24.9 Å². The number of hydrogen-bond donors (Lipinski definition) is 1. The summed E-state index contributed by atoms with van der Waals surface area (Å²) in [6.45, 7) is 3.41. The van der Waals surface area contributed by atoms with Gasteiger partial charge in [0.1, 0.15) is 11.5 Å². The van der Waals surface area contributed by atoms with Crippen LogP contribution in [-0.4, -0.2) is 44.8 Å². The number of nitrogens with zero attached hydrogens (tertiary/aromatic N) is 1. The lowest BCUT2D eigenvalue weighted by molar-refractivity contribution is 0.173. The summed E-state index contributed by atoms with van der Waals surface area (Å²) in [5.74, 6) is 1.72. The first-order valence-electron chi connectivity index (χ1n) is 7.00. The van der Waals surface area contributed by atoms with Crippen molar-refractivity contribution in [3.63, 3.8) is 0 Å². The maximum absolute atomic E-state index is 5.35. The molecule has 2 atom stereocenters. The van der Waals surface area contributed by atoms with Gasteiger partial charge in [-0.1, -0.05) is 0 Å². The molecule has 0 spiro atoms. The van der Waals surface area contributed by atoms with Crippen molar-refractivity contribution in [2.24, 2.45) is 0 Å². The fourth-order valence-corrected chi connectivity index (χ4v) is 3.20. The average Bonchev–Trinajstić information content (AvgIpc) is 2.94. The molecule has 0 bridgehead atoms. The van der Waals surface area contributed by atoms with Gasteiger partial charge in [0, 0.05) is 31.2 Å². The van der Waals surface area contributed by atoms with E-state index in [0.717, 1.165) is 30.6 Å². The van der Waals surface area contributed by atoms with Crippen LogP contribution in [0, 0.1) is 0 Å². The van der Waals surface area contributed by atoms with Gasteiger partial charge in [0.2, 0.25) is 0 Å². The third-order valence-electron chi connectivity index (χ3n) is 4.29. The van der Waals surface area contributed by atoms with E-state index in [4.69, 9.17) is 9.47 Å². The summed E-state index contributed by atoms with van der Waals surface area (Å²) in [6, 6.07) is 7.25. The number of methoxy groups -OCH3 is 2. The van der Waals surface area contributed by atoms with Crippen LogP contribution >= 0.6 is 0 Å². The molecule has 19 heavy (non-hydrogen) atoms. The molecule has 1 N–H and O–H groups in total. The van der Waals surface area contributed by atoms with Gasteiger partial charge < -0.3 is 14.8 Å². The summed E-state index contributed by atoms with van der Waals surface area (Å²) in [4.78, 5) is 2.60. The maximum atomic E-state index is 5.35. The smallest absolute Gasteiger partial charge is 0.122 e. The zero-order valence-corrected chi connectivity index (χ0v) is 11.7. The molecule has 2 aliphatic rings. The minimum atomic E-state index is 0.373. The van der Waals surface area contributed by atoms with E-state index in [1.54, 1.807) is 14.2 Å². The highest BCUT2D eigenvalue weighted by Gasteiger charge is 2.31. The van der Waals surface area contributed by atoms with Crippen molar-refractivity contribution in [1.29, 1.82) is 0 Å². The Balaban J connectivity index is 1.81. The molecule has 2 fully saturated rings. The standard InChI is InChI=1S/C15H22N2O2/c1-18-13-6-11(7-14(8-13)19-2)15-10-17-5-3-4-12(17)9-16-15/h6-8,12,15-16H,3-5,9-10H2,1-2H3. The van der Waals surface area contributed by atoms with Gasteiger partial charge in [-0.2, -0.15) is 0 Å². The van der Waals surface area contributed by atoms with Crippen molar-refractivity contribution in [3.05, 3.63) is 23.8 Å². The molecular formula is C15H22N2O2. The van der Waals surface area contributed by atoms with E-state index in [1.807, 2.05) is 6.07 Å². The molecule has 4 heteroatoms. The molecule has 0 amide bonds. The Kier molecular flexibility index (Phi) is 3.62. The van der Waals surface area contributed by atoms with Crippen molar-refractivity contribution in [2.75, 3.05) is 33.9 Å². The highest BCUT2D eigenvalue weighted by molar-refractivity contribution is 5.40. The molecule has 4 nitrogen and oxygen atoms in total. The topological polar surface area (TPSA) is 33.7 Å². The number of hydrogen-bond acceptors (Lipinski definition) is 4. The van der Waals surface area contributed by atoms with Gasteiger partial charge in [-0.3, -0.25) is 4.90 Å². The zero-order chi connectivity index (χ0) is 13.2. The molecule has 1 aromatic rings. The average molecular weight is 262 g/mol. The van der Waals surface area contributed by atoms with E-state index in [2.05, 4.69) is 22.3 Å². The van der Waals surface area contributed by atoms with Gasteiger partial charge in [-0.05, 0) is 37.1 Å². The SMILES string of the molecule is COc1cc(OC)cc(C2CN3CCCC3CN2)c1. The number of benzene rings is 1. The molecule has 2 saturated heterocycles. The largest absolute Gasteiger partial charge is 0.497 e. The molecule has 104 valence electrons. The molecule has 0 saturated carbocycles. The highest BCUT2D eigenvalue weighted by Crippen LogP contribution is 2.30. The maximum Gasteiger partial charge on any atom is 0.122 e. The quantitative estimate of drug-likeness (QED) is 0.901. The molecule has 2 aliphatic heterocycles. The van der Waals surface area contributed by atoms with Crippen LogP contribution in [0.2, 0.25) is 0 Å². The molecule has 0 radical (unpaired) electrons. The number of rotatable bonds is 3. The Hall–Kier alpha value is -1.26. The van der Waals surface area contributed by atoms with Crippen LogP contribution in [0.25, 0.3) is 0 Å². The highest BCUT2D eigenvalue weighted by atomic mass is 16.5. The minimum Gasteiger partial charge on any atom is -0.497 e. The summed E-state index contributed by atoms with van der Waals surface area (Å²) in [5, 5.41) is 3.66. The summed E-state index contributed by atoms with van der Waals surface area (Å²) < 4.78 is 10.7. The summed E-state index contributed by atoms with van der Waals surface area (Å²) in [7, 11) is 3.40. The van der Waals surface area contributed by atoms with Crippen LogP contribution in [0.3, 0.4) is 0 Å². The lowest BCUT2D eigenvalue weighted by Gasteiger charge is -2.36. The third-order valence-corrected chi connectivity index (χ3v) is 4.29. The Morgan fingerprint density at radius 2 is 1.89 bits per heavy atom. The predicted octanol–water partition coefficient (Wildman–Crippen LogP) is 1.81. The second-order valence-electron chi connectivity index (χ2n) is 5.40. The van der Waals surface area contributed by atoms with Gasteiger partial charge in [0.15, 0.2) is 0 Å². The number of piperazine rings is 1. The fraction of sp³-hybridized carbons (Fsp3) is 0.600. The van der Waals surface area contributed by atoms with Crippen LogP contribution in [0.1, 0.15) is 24.4 Å². The Morgan fingerprint density at radius 3 is 2.58 bits per heavy atom. The van der Waals surface area contributed by atoms with Gasteiger partial charge in [-0.25, -0.2) is 0 Å². The van der Waals surface area contributed by atoms with Crippen LogP contribution in [0.15, 0.2) is 18.2 Å². The van der Waals surface area contributed by atoms with E-state index in [0.29, 0.717) is 6.04 Å². The Bertz CT molecular complexity index is 428. The molecular weight excluding hydrogens is 240 g/mol. The van der Waals surface area contributed by atoms with Crippen LogP contribution in [0.5, 0.6) is 11.5 Å². The predicted molar refractivity (Wildman–Crippen MR) is 74.9 cm³/mol. The molecule has 2 heterocycles. The van der Waals surface area contributed by atoms with Crippen molar-refractivity contribution in [3.8, 4) is 11.5 Å². The summed E-state index contributed by atoms with van der Waals surface area (Å²) in [6.07, 6.45) is 2.67. The first-order valence-corrected chi connectivity index (χ1v) is 7.00. The second-order valence-corrected chi connectivity index (χ2v) is 5.40. The molecule has 0 aliphatic carbocycles. The van der Waals surface area contributed by atoms with E-state index in [9.17, 15) is 0 Å². The van der Waals surface area contributed by atoms with Crippen LogP contribution in [0.4, 0.5) is 0 Å². The minimum absolute atomic E-state index is 0.373. The fourth-order valence-electron chi connectivity index (χ4n) is 3.20. The number of nitrogens with one attached hydrogen (secondary N) is 1. The molecule has 0 aromatic heterocycles. The van der Waals surface area contributed by atoms with Gasteiger partial charge in [0.25, 0.3) is 0 Å². The second kappa shape index (κ2) is 5.39. The zero-order valence-electron chi connectivity index (χ0n) is 11.7. The van der Waals surface area contributed by atoms with Gasteiger partial charge in [-0.15, -0.1) is 0 Å². The monoisotopic (exact) mass is 262 g/mol. The normalized spacial score (nSPS) is 27.1.